The third-order valence-electron chi connectivity index (χ3n) is 2.72. The van der Waals surface area contributed by atoms with Crippen LogP contribution in [0.15, 0.2) is 27.6 Å². The Morgan fingerprint density at radius 2 is 2.05 bits per heavy atom. The molecule has 0 aliphatic heterocycles. The summed E-state index contributed by atoms with van der Waals surface area (Å²) < 4.78 is 33.0. The average molecular weight is 351 g/mol. The molecule has 0 aromatic heterocycles. The Kier molecular flexibility index (Phi) is 5.79. The quantitative estimate of drug-likeness (QED) is 0.768. The monoisotopic (exact) mass is 350 g/mol. The molecule has 3 N–H and O–H groups in total. The van der Waals surface area contributed by atoms with Crippen molar-refractivity contribution in [2.45, 2.75) is 24.8 Å². The Morgan fingerprint density at radius 1 is 1.42 bits per heavy atom. The number of rotatable bonds is 6. The first-order chi connectivity index (χ1) is 8.77. The second-order valence-electron chi connectivity index (χ2n) is 4.61. The van der Waals surface area contributed by atoms with Crippen molar-refractivity contribution in [2.24, 2.45) is 5.92 Å². The highest BCUT2D eigenvalue weighted by Gasteiger charge is 2.24. The minimum absolute atomic E-state index is 0.0810. The summed E-state index contributed by atoms with van der Waals surface area (Å²) in [6, 6.07) is 4.39. The lowest BCUT2D eigenvalue weighted by Crippen LogP contribution is -2.41. The number of nitrogens with two attached hydrogens (primary N) is 1. The highest BCUT2D eigenvalue weighted by molar-refractivity contribution is 9.10. The lowest BCUT2D eigenvalue weighted by Gasteiger charge is -2.21. The zero-order valence-corrected chi connectivity index (χ0v) is 13.6. The van der Waals surface area contributed by atoms with Gasteiger partial charge in [-0.25, -0.2) is 13.1 Å². The summed E-state index contributed by atoms with van der Waals surface area (Å²) in [6.45, 7) is 4.17. The van der Waals surface area contributed by atoms with Crippen LogP contribution in [0.3, 0.4) is 0 Å². The molecule has 7 heteroatoms. The normalized spacial score (nSPS) is 13.7. The van der Waals surface area contributed by atoms with Gasteiger partial charge in [-0.2, -0.15) is 0 Å². The molecule has 1 rings (SSSR count). The van der Waals surface area contributed by atoms with Crippen LogP contribution in [0.4, 0.5) is 5.69 Å². The van der Waals surface area contributed by atoms with Gasteiger partial charge in [0.05, 0.1) is 12.3 Å². The van der Waals surface area contributed by atoms with Crippen LogP contribution in [0.1, 0.15) is 13.8 Å². The van der Waals surface area contributed by atoms with E-state index in [1.54, 1.807) is 12.1 Å². The standard InChI is InChI=1S/C12H19BrN2O3S/c1-8(2)11(7-18-3)15-19(16,17)12-5-4-9(13)6-10(12)14/h4-6,8,11,15H,7,14H2,1-3H3. The number of sulfonamides is 1. The van der Waals surface area contributed by atoms with Gasteiger partial charge in [-0.15, -0.1) is 0 Å². The average Bonchev–Trinajstić information content (AvgIpc) is 2.27. The van der Waals surface area contributed by atoms with Gasteiger partial charge in [0.25, 0.3) is 0 Å². The molecular weight excluding hydrogens is 332 g/mol. The van der Waals surface area contributed by atoms with E-state index in [9.17, 15) is 8.42 Å². The number of benzene rings is 1. The van der Waals surface area contributed by atoms with Crippen molar-refractivity contribution in [3.05, 3.63) is 22.7 Å². The second kappa shape index (κ2) is 6.69. The summed E-state index contributed by atoms with van der Waals surface area (Å²) in [5, 5.41) is 0. The largest absolute Gasteiger partial charge is 0.398 e. The predicted octanol–water partition coefficient (Wildman–Crippen LogP) is 1.98. The van der Waals surface area contributed by atoms with Gasteiger partial charge in [0.15, 0.2) is 0 Å². The summed E-state index contributed by atoms with van der Waals surface area (Å²) in [5.74, 6) is 0.117. The fraction of sp³-hybridized carbons (Fsp3) is 0.500. The van der Waals surface area contributed by atoms with Gasteiger partial charge in [-0.05, 0) is 24.1 Å². The number of ether oxygens (including phenoxy) is 1. The molecule has 0 aliphatic rings. The molecule has 1 aromatic carbocycles. The Labute approximate surface area is 122 Å². The number of methoxy groups -OCH3 is 1. The van der Waals surface area contributed by atoms with E-state index in [1.165, 1.54) is 13.2 Å². The molecule has 0 bridgehead atoms. The van der Waals surface area contributed by atoms with Crippen LogP contribution in [0, 0.1) is 5.92 Å². The Balaban J connectivity index is 3.03. The van der Waals surface area contributed by atoms with Crippen LogP contribution < -0.4 is 10.5 Å². The molecule has 0 saturated heterocycles. The van der Waals surface area contributed by atoms with E-state index in [-0.39, 0.29) is 22.5 Å². The molecule has 0 amide bonds. The van der Waals surface area contributed by atoms with Gasteiger partial charge in [0.1, 0.15) is 4.90 Å². The highest BCUT2D eigenvalue weighted by Crippen LogP contribution is 2.23. The number of anilines is 1. The van der Waals surface area contributed by atoms with Crippen molar-refractivity contribution >= 4 is 31.6 Å². The van der Waals surface area contributed by atoms with Gasteiger partial charge in [0, 0.05) is 17.6 Å². The number of nitrogen functional groups attached to an aromatic ring is 1. The van der Waals surface area contributed by atoms with Crippen molar-refractivity contribution in [1.82, 2.24) is 4.72 Å². The minimum Gasteiger partial charge on any atom is -0.398 e. The molecular formula is C12H19BrN2O3S. The molecule has 0 spiro atoms. The van der Waals surface area contributed by atoms with Crippen molar-refractivity contribution in [1.29, 1.82) is 0 Å². The van der Waals surface area contributed by atoms with E-state index in [1.807, 2.05) is 13.8 Å². The van der Waals surface area contributed by atoms with Crippen LogP contribution >= 0.6 is 15.9 Å². The molecule has 0 saturated carbocycles. The third kappa shape index (κ3) is 4.45. The highest BCUT2D eigenvalue weighted by atomic mass is 79.9. The summed E-state index contributed by atoms with van der Waals surface area (Å²) in [4.78, 5) is 0.0810. The Bertz CT molecular complexity index is 532. The number of hydrogen-bond acceptors (Lipinski definition) is 4. The SMILES string of the molecule is COCC(NS(=O)(=O)c1ccc(Br)cc1N)C(C)C. The van der Waals surface area contributed by atoms with Crippen LogP contribution in [0.2, 0.25) is 0 Å². The molecule has 1 unspecified atom stereocenters. The summed E-state index contributed by atoms with van der Waals surface area (Å²) in [7, 11) is -2.11. The molecule has 5 nitrogen and oxygen atoms in total. The fourth-order valence-electron chi connectivity index (χ4n) is 1.57. The Morgan fingerprint density at radius 3 is 2.53 bits per heavy atom. The molecule has 0 fully saturated rings. The van der Waals surface area contributed by atoms with E-state index in [0.717, 1.165) is 4.47 Å². The van der Waals surface area contributed by atoms with Gasteiger partial charge in [0.2, 0.25) is 10.0 Å². The van der Waals surface area contributed by atoms with E-state index in [2.05, 4.69) is 20.7 Å². The zero-order chi connectivity index (χ0) is 14.6. The molecule has 0 radical (unpaired) electrons. The molecule has 0 heterocycles. The van der Waals surface area contributed by atoms with E-state index < -0.39 is 10.0 Å². The third-order valence-corrected chi connectivity index (χ3v) is 4.78. The summed E-state index contributed by atoms with van der Waals surface area (Å²) in [6.07, 6.45) is 0. The number of hydrogen-bond donors (Lipinski definition) is 2. The molecule has 108 valence electrons. The van der Waals surface area contributed by atoms with Crippen LogP contribution in [-0.4, -0.2) is 28.2 Å². The van der Waals surface area contributed by atoms with Crippen molar-refractivity contribution in [3.8, 4) is 0 Å². The molecule has 1 aromatic rings. The lowest BCUT2D eigenvalue weighted by atomic mass is 10.1. The summed E-state index contributed by atoms with van der Waals surface area (Å²) in [5.41, 5.74) is 5.96. The van der Waals surface area contributed by atoms with E-state index in [0.29, 0.717) is 6.61 Å². The number of halogens is 1. The topological polar surface area (TPSA) is 81.4 Å². The van der Waals surface area contributed by atoms with Gasteiger partial charge < -0.3 is 10.5 Å². The molecule has 1 atom stereocenters. The predicted molar refractivity (Wildman–Crippen MR) is 79.4 cm³/mol. The van der Waals surface area contributed by atoms with Crippen molar-refractivity contribution < 1.29 is 13.2 Å². The molecule has 19 heavy (non-hydrogen) atoms. The molecule has 0 aliphatic carbocycles. The lowest BCUT2D eigenvalue weighted by molar-refractivity contribution is 0.157. The Hall–Kier alpha value is -0.630. The van der Waals surface area contributed by atoms with Gasteiger partial charge >= 0.3 is 0 Å². The smallest absolute Gasteiger partial charge is 0.242 e. The maximum atomic E-state index is 12.3. The van der Waals surface area contributed by atoms with Crippen molar-refractivity contribution in [3.63, 3.8) is 0 Å². The van der Waals surface area contributed by atoms with E-state index in [4.69, 9.17) is 10.5 Å². The van der Waals surface area contributed by atoms with Crippen LogP contribution in [0.5, 0.6) is 0 Å². The van der Waals surface area contributed by atoms with E-state index >= 15 is 0 Å². The van der Waals surface area contributed by atoms with Gasteiger partial charge in [-0.3, -0.25) is 0 Å². The first-order valence-electron chi connectivity index (χ1n) is 5.84. The van der Waals surface area contributed by atoms with Gasteiger partial charge in [-0.1, -0.05) is 29.8 Å². The summed E-state index contributed by atoms with van der Waals surface area (Å²) >= 11 is 3.25. The minimum atomic E-state index is -3.65. The first-order valence-corrected chi connectivity index (χ1v) is 8.12. The zero-order valence-electron chi connectivity index (χ0n) is 11.2. The van der Waals surface area contributed by atoms with Crippen LogP contribution in [0.25, 0.3) is 0 Å². The van der Waals surface area contributed by atoms with Crippen molar-refractivity contribution in [2.75, 3.05) is 19.5 Å². The second-order valence-corrected chi connectivity index (χ2v) is 7.21. The first kappa shape index (κ1) is 16.4. The van der Waals surface area contributed by atoms with Crippen LogP contribution in [-0.2, 0) is 14.8 Å². The maximum absolute atomic E-state index is 12.3. The maximum Gasteiger partial charge on any atom is 0.242 e. The number of nitrogens with one attached hydrogen (secondary N) is 1. The fourth-order valence-corrected chi connectivity index (χ4v) is 3.43.